The van der Waals surface area contributed by atoms with Gasteiger partial charge in [-0.05, 0) is 69.6 Å². The third-order valence-corrected chi connectivity index (χ3v) is 6.07. The van der Waals surface area contributed by atoms with Crippen LogP contribution in [-0.2, 0) is 0 Å². The summed E-state index contributed by atoms with van der Waals surface area (Å²) in [4.78, 5) is 0. The van der Waals surface area contributed by atoms with Crippen molar-refractivity contribution in [3.63, 3.8) is 0 Å². The minimum Gasteiger partial charge on any atom is -0.394 e. The molecule has 6 N–H and O–H groups in total. The van der Waals surface area contributed by atoms with Crippen molar-refractivity contribution in [2.45, 2.75) is 82.1 Å². The highest BCUT2D eigenvalue weighted by Crippen LogP contribution is 2.35. The first-order valence-corrected chi connectivity index (χ1v) is 10.1. The normalized spacial score (nSPS) is 33.1. The van der Waals surface area contributed by atoms with E-state index in [4.69, 9.17) is 10.2 Å². The van der Waals surface area contributed by atoms with E-state index in [-0.39, 0.29) is 13.2 Å². The summed E-state index contributed by atoms with van der Waals surface area (Å²) in [5.41, 5.74) is 0. The third kappa shape index (κ3) is 7.89. The Morgan fingerprint density at radius 3 is 1.32 bits per heavy atom. The lowest BCUT2D eigenvalue weighted by Gasteiger charge is -2.35. The monoisotopic (exact) mass is 358 g/mol. The zero-order valence-corrected chi connectivity index (χ0v) is 15.4. The molecule has 0 aromatic carbocycles. The Balaban J connectivity index is 1.55. The summed E-state index contributed by atoms with van der Waals surface area (Å²) >= 11 is 0. The maximum atomic E-state index is 9.42. The first kappa shape index (κ1) is 21.1. The SMILES string of the molecule is OCC(O)CNC1CCC(CC2CCC(NCC(O)CO)CC2)CC1. The molecule has 2 atom stereocenters. The van der Waals surface area contributed by atoms with Gasteiger partial charge in [0.15, 0.2) is 0 Å². The summed E-state index contributed by atoms with van der Waals surface area (Å²) in [6, 6.07) is 0.991. The van der Waals surface area contributed by atoms with Crippen molar-refractivity contribution in [2.75, 3.05) is 26.3 Å². The molecule has 0 heterocycles. The van der Waals surface area contributed by atoms with Gasteiger partial charge >= 0.3 is 0 Å². The highest BCUT2D eigenvalue weighted by atomic mass is 16.3. The van der Waals surface area contributed by atoms with Gasteiger partial charge < -0.3 is 31.1 Å². The van der Waals surface area contributed by atoms with Crippen LogP contribution >= 0.6 is 0 Å². The maximum Gasteiger partial charge on any atom is 0.0895 e. The van der Waals surface area contributed by atoms with Crippen molar-refractivity contribution in [3.8, 4) is 0 Å². The van der Waals surface area contributed by atoms with E-state index in [1.165, 1.54) is 57.8 Å². The Hall–Kier alpha value is -0.240. The molecule has 2 aliphatic carbocycles. The predicted octanol–water partition coefficient (Wildman–Crippen LogP) is 0.380. The molecule has 0 aromatic heterocycles. The lowest BCUT2D eigenvalue weighted by atomic mass is 9.75. The van der Waals surface area contributed by atoms with E-state index in [9.17, 15) is 10.2 Å². The summed E-state index contributed by atoms with van der Waals surface area (Å²) in [5, 5.41) is 43.3. The highest BCUT2D eigenvalue weighted by molar-refractivity contribution is 4.83. The van der Waals surface area contributed by atoms with Gasteiger partial charge in [-0.3, -0.25) is 0 Å². The van der Waals surface area contributed by atoms with Crippen LogP contribution in [-0.4, -0.2) is 71.0 Å². The average molecular weight is 359 g/mol. The molecule has 0 spiro atoms. The lowest BCUT2D eigenvalue weighted by molar-refractivity contribution is 0.0875. The number of aliphatic hydroxyl groups is 4. The second-order valence-corrected chi connectivity index (χ2v) is 8.16. The van der Waals surface area contributed by atoms with Crippen LogP contribution in [0.5, 0.6) is 0 Å². The van der Waals surface area contributed by atoms with Gasteiger partial charge in [-0.2, -0.15) is 0 Å². The van der Waals surface area contributed by atoms with Gasteiger partial charge in [0.05, 0.1) is 25.4 Å². The van der Waals surface area contributed by atoms with Gasteiger partial charge in [-0.1, -0.05) is 0 Å². The van der Waals surface area contributed by atoms with E-state index in [2.05, 4.69) is 10.6 Å². The molecule has 6 heteroatoms. The van der Waals surface area contributed by atoms with Crippen molar-refractivity contribution < 1.29 is 20.4 Å². The van der Waals surface area contributed by atoms with Crippen LogP contribution in [0.15, 0.2) is 0 Å². The van der Waals surface area contributed by atoms with E-state index < -0.39 is 12.2 Å². The Morgan fingerprint density at radius 2 is 1.00 bits per heavy atom. The Bertz CT molecular complexity index is 310. The Kier molecular flexibility index (Phi) is 9.66. The summed E-state index contributed by atoms with van der Waals surface area (Å²) in [6.45, 7) is 0.652. The van der Waals surface area contributed by atoms with Gasteiger partial charge in [-0.25, -0.2) is 0 Å². The van der Waals surface area contributed by atoms with Crippen LogP contribution in [0.25, 0.3) is 0 Å². The fourth-order valence-corrected chi connectivity index (χ4v) is 4.41. The van der Waals surface area contributed by atoms with Crippen LogP contribution in [0.3, 0.4) is 0 Å². The summed E-state index contributed by atoms with van der Waals surface area (Å²) in [7, 11) is 0. The number of hydrogen-bond donors (Lipinski definition) is 6. The fraction of sp³-hybridized carbons (Fsp3) is 1.00. The van der Waals surface area contributed by atoms with Crippen molar-refractivity contribution in [3.05, 3.63) is 0 Å². The zero-order chi connectivity index (χ0) is 18.1. The largest absolute Gasteiger partial charge is 0.394 e. The van der Waals surface area contributed by atoms with Gasteiger partial charge in [0.25, 0.3) is 0 Å². The number of rotatable bonds is 10. The van der Waals surface area contributed by atoms with E-state index in [0.29, 0.717) is 25.2 Å². The van der Waals surface area contributed by atoms with Gasteiger partial charge in [0, 0.05) is 25.2 Å². The molecular formula is C19H38N2O4. The van der Waals surface area contributed by atoms with Gasteiger partial charge in [0.2, 0.25) is 0 Å². The molecule has 0 bridgehead atoms. The second-order valence-electron chi connectivity index (χ2n) is 8.16. The molecule has 0 aromatic rings. The van der Waals surface area contributed by atoms with Crippen molar-refractivity contribution in [1.82, 2.24) is 10.6 Å². The van der Waals surface area contributed by atoms with Crippen LogP contribution in [0.4, 0.5) is 0 Å². The molecule has 2 saturated carbocycles. The number of nitrogens with one attached hydrogen (secondary N) is 2. The fourth-order valence-electron chi connectivity index (χ4n) is 4.41. The maximum absolute atomic E-state index is 9.42. The van der Waals surface area contributed by atoms with E-state index in [1.54, 1.807) is 0 Å². The Morgan fingerprint density at radius 1 is 0.640 bits per heavy atom. The summed E-state index contributed by atoms with van der Waals surface area (Å²) < 4.78 is 0. The highest BCUT2D eigenvalue weighted by Gasteiger charge is 2.27. The van der Waals surface area contributed by atoms with Gasteiger partial charge in [0.1, 0.15) is 0 Å². The predicted molar refractivity (Wildman–Crippen MR) is 98.3 cm³/mol. The molecule has 2 unspecified atom stereocenters. The Labute approximate surface area is 152 Å². The average Bonchev–Trinajstić information content (AvgIpc) is 2.66. The molecule has 25 heavy (non-hydrogen) atoms. The molecule has 148 valence electrons. The van der Waals surface area contributed by atoms with Crippen LogP contribution < -0.4 is 10.6 Å². The van der Waals surface area contributed by atoms with Crippen LogP contribution in [0.2, 0.25) is 0 Å². The first-order chi connectivity index (χ1) is 12.1. The van der Waals surface area contributed by atoms with E-state index >= 15 is 0 Å². The molecule has 2 aliphatic rings. The topological polar surface area (TPSA) is 105 Å². The lowest BCUT2D eigenvalue weighted by Crippen LogP contribution is -2.40. The quantitative estimate of drug-likeness (QED) is 0.337. The third-order valence-electron chi connectivity index (χ3n) is 6.07. The van der Waals surface area contributed by atoms with Crippen molar-refractivity contribution >= 4 is 0 Å². The molecule has 2 rings (SSSR count). The molecule has 0 amide bonds. The molecular weight excluding hydrogens is 320 g/mol. The molecule has 6 nitrogen and oxygen atoms in total. The minimum atomic E-state index is -0.639. The van der Waals surface area contributed by atoms with Crippen molar-refractivity contribution in [1.29, 1.82) is 0 Å². The number of aliphatic hydroxyl groups excluding tert-OH is 4. The molecule has 0 aliphatic heterocycles. The van der Waals surface area contributed by atoms with Crippen LogP contribution in [0.1, 0.15) is 57.8 Å². The first-order valence-electron chi connectivity index (χ1n) is 10.1. The number of hydrogen-bond acceptors (Lipinski definition) is 6. The molecule has 0 radical (unpaired) electrons. The minimum absolute atomic E-state index is 0.168. The zero-order valence-electron chi connectivity index (χ0n) is 15.4. The van der Waals surface area contributed by atoms with Crippen LogP contribution in [0, 0.1) is 11.8 Å². The smallest absolute Gasteiger partial charge is 0.0895 e. The van der Waals surface area contributed by atoms with Gasteiger partial charge in [-0.15, -0.1) is 0 Å². The molecule has 2 fully saturated rings. The summed E-state index contributed by atoms with van der Waals surface area (Å²) in [6.07, 6.45) is 9.87. The standard InChI is InChI=1S/C19H38N2O4/c22-12-18(24)10-20-16-5-1-14(2-6-16)9-15-3-7-17(8-4-15)21-11-19(25)13-23/h14-25H,1-13H2. The second kappa shape index (κ2) is 11.5. The van der Waals surface area contributed by atoms with E-state index in [0.717, 1.165) is 11.8 Å². The molecule has 0 saturated heterocycles. The van der Waals surface area contributed by atoms with E-state index in [1.807, 2.05) is 0 Å². The summed E-state index contributed by atoms with van der Waals surface area (Å²) in [5.74, 6) is 1.68. The van der Waals surface area contributed by atoms with Crippen molar-refractivity contribution in [2.24, 2.45) is 11.8 Å².